The number of methoxy groups -OCH3 is 1. The van der Waals surface area contributed by atoms with Crippen molar-refractivity contribution in [2.75, 3.05) is 7.11 Å². The topological polar surface area (TPSA) is 27.7 Å². The first-order valence-electron chi connectivity index (χ1n) is 8.40. The van der Waals surface area contributed by atoms with Crippen molar-refractivity contribution in [3.63, 3.8) is 0 Å². The molecule has 0 aliphatic carbocycles. The Kier molecular flexibility index (Phi) is 7.47. The molecule has 2 rings (SSSR count). The highest BCUT2D eigenvalue weighted by Crippen LogP contribution is 2.27. The van der Waals surface area contributed by atoms with Gasteiger partial charge in [-0.25, -0.2) is 0 Å². The van der Waals surface area contributed by atoms with Gasteiger partial charge in [-0.05, 0) is 67.6 Å². The smallest absolute Gasteiger partial charge is 0.209 e. The van der Waals surface area contributed by atoms with Crippen LogP contribution >= 0.6 is 12.0 Å². The average Bonchev–Trinajstić information content (AvgIpc) is 2.63. The lowest BCUT2D eigenvalue weighted by Gasteiger charge is -2.16. The van der Waals surface area contributed by atoms with E-state index in [1.165, 1.54) is 17.6 Å². The van der Waals surface area contributed by atoms with Crippen LogP contribution in [0, 0.1) is 0 Å². The maximum absolute atomic E-state index is 5.82. The molecule has 2 aromatic rings. The molecule has 0 radical (unpaired) electrons. The fraction of sp³-hybridized carbons (Fsp3) is 0.400. The summed E-state index contributed by atoms with van der Waals surface area (Å²) < 4.78 is 16.6. The Balaban J connectivity index is 1.84. The molecule has 0 bridgehead atoms. The van der Waals surface area contributed by atoms with E-state index < -0.39 is 0 Å². The lowest BCUT2D eigenvalue weighted by Crippen LogP contribution is -2.12. The van der Waals surface area contributed by atoms with E-state index in [0.717, 1.165) is 29.2 Å². The van der Waals surface area contributed by atoms with Gasteiger partial charge in [-0.1, -0.05) is 26.0 Å². The average molecular weight is 346 g/mol. The molecule has 0 saturated heterocycles. The van der Waals surface area contributed by atoms with Gasteiger partial charge in [0.2, 0.25) is 6.29 Å². The van der Waals surface area contributed by atoms with Crippen molar-refractivity contribution >= 4 is 12.0 Å². The van der Waals surface area contributed by atoms with Crippen LogP contribution in [0.25, 0.3) is 0 Å². The maximum Gasteiger partial charge on any atom is 0.209 e. The van der Waals surface area contributed by atoms with Crippen LogP contribution in [0.2, 0.25) is 0 Å². The van der Waals surface area contributed by atoms with Crippen LogP contribution in [-0.4, -0.2) is 13.4 Å². The van der Waals surface area contributed by atoms with Gasteiger partial charge in [0.25, 0.3) is 0 Å². The second-order valence-corrected chi connectivity index (χ2v) is 6.45. The minimum absolute atomic E-state index is 0.337. The summed E-state index contributed by atoms with van der Waals surface area (Å²) in [6.45, 7) is 6.35. The van der Waals surface area contributed by atoms with E-state index in [1.54, 1.807) is 7.11 Å². The van der Waals surface area contributed by atoms with Crippen LogP contribution in [0.15, 0.2) is 53.4 Å². The molecule has 0 N–H and O–H groups in total. The fourth-order valence-corrected chi connectivity index (χ4v) is 3.08. The lowest BCUT2D eigenvalue weighted by atomic mass is 9.94. The van der Waals surface area contributed by atoms with Crippen molar-refractivity contribution in [2.45, 2.75) is 50.7 Å². The Morgan fingerprint density at radius 3 is 2.00 bits per heavy atom. The quantitative estimate of drug-likeness (QED) is 0.408. The number of ether oxygens (including phenoxy) is 2. The molecular formula is C20H26O3S. The molecule has 4 heteroatoms. The first-order valence-corrected chi connectivity index (χ1v) is 9.14. The van der Waals surface area contributed by atoms with E-state index in [4.69, 9.17) is 13.7 Å². The minimum Gasteiger partial charge on any atom is -0.497 e. The molecule has 0 aliphatic heterocycles. The molecule has 1 atom stereocenters. The third-order valence-electron chi connectivity index (χ3n) is 3.98. The van der Waals surface area contributed by atoms with Crippen molar-refractivity contribution < 1.29 is 13.7 Å². The number of benzene rings is 2. The Hall–Kier alpha value is -1.65. The van der Waals surface area contributed by atoms with Gasteiger partial charge >= 0.3 is 0 Å². The number of hydrogen-bond acceptors (Lipinski definition) is 4. The van der Waals surface area contributed by atoms with E-state index in [1.807, 2.05) is 43.3 Å². The summed E-state index contributed by atoms with van der Waals surface area (Å²) in [5.41, 5.74) is 1.37. The largest absolute Gasteiger partial charge is 0.497 e. The van der Waals surface area contributed by atoms with Gasteiger partial charge in [-0.3, -0.25) is 4.18 Å². The molecule has 0 heterocycles. The van der Waals surface area contributed by atoms with Gasteiger partial charge in [0.05, 0.1) is 7.11 Å². The van der Waals surface area contributed by atoms with Gasteiger partial charge < -0.3 is 9.47 Å². The molecule has 24 heavy (non-hydrogen) atoms. The highest BCUT2D eigenvalue weighted by Gasteiger charge is 2.09. The first kappa shape index (κ1) is 18.7. The van der Waals surface area contributed by atoms with Gasteiger partial charge in [0.1, 0.15) is 11.5 Å². The summed E-state index contributed by atoms with van der Waals surface area (Å²) in [6, 6.07) is 16.1. The minimum atomic E-state index is -0.337. The molecule has 0 saturated carbocycles. The molecule has 0 aliphatic rings. The van der Waals surface area contributed by atoms with Gasteiger partial charge in [0.15, 0.2) is 0 Å². The number of hydrogen-bond donors (Lipinski definition) is 0. The molecule has 130 valence electrons. The summed E-state index contributed by atoms with van der Waals surface area (Å²) in [5.74, 6) is 2.28. The van der Waals surface area contributed by atoms with Crippen LogP contribution in [0.1, 0.15) is 45.1 Å². The van der Waals surface area contributed by atoms with Crippen molar-refractivity contribution in [3.05, 3.63) is 54.1 Å². The zero-order chi connectivity index (χ0) is 17.4. The summed E-state index contributed by atoms with van der Waals surface area (Å²) in [5, 5.41) is 0. The highest BCUT2D eigenvalue weighted by molar-refractivity contribution is 7.94. The van der Waals surface area contributed by atoms with Crippen molar-refractivity contribution in [1.82, 2.24) is 0 Å². The van der Waals surface area contributed by atoms with Gasteiger partial charge in [0, 0.05) is 16.9 Å². The molecule has 0 fully saturated rings. The molecule has 0 amide bonds. The van der Waals surface area contributed by atoms with Crippen LogP contribution in [0.5, 0.6) is 11.5 Å². The van der Waals surface area contributed by atoms with Crippen molar-refractivity contribution in [3.8, 4) is 11.5 Å². The number of rotatable bonds is 9. The van der Waals surface area contributed by atoms with Crippen molar-refractivity contribution in [2.24, 2.45) is 0 Å². The predicted octanol–water partition coefficient (Wildman–Crippen LogP) is 6.05. The van der Waals surface area contributed by atoms with Gasteiger partial charge in [-0.15, -0.1) is 0 Å². The van der Waals surface area contributed by atoms with Crippen molar-refractivity contribution in [1.29, 1.82) is 0 Å². The second-order valence-electron chi connectivity index (χ2n) is 5.62. The second kappa shape index (κ2) is 9.60. The van der Waals surface area contributed by atoms with E-state index >= 15 is 0 Å². The summed E-state index contributed by atoms with van der Waals surface area (Å²) in [4.78, 5) is 1.01. The summed E-state index contributed by atoms with van der Waals surface area (Å²) in [7, 11) is 1.66. The van der Waals surface area contributed by atoms with E-state index in [9.17, 15) is 0 Å². The Morgan fingerprint density at radius 2 is 1.46 bits per heavy atom. The Bertz CT molecular complexity index is 591. The molecular weight excluding hydrogens is 320 g/mol. The molecule has 3 nitrogen and oxygen atoms in total. The zero-order valence-electron chi connectivity index (χ0n) is 14.8. The van der Waals surface area contributed by atoms with Crippen LogP contribution in [0.3, 0.4) is 0 Å². The third kappa shape index (κ3) is 5.46. The van der Waals surface area contributed by atoms with Crippen LogP contribution < -0.4 is 9.47 Å². The molecule has 2 aromatic carbocycles. The first-order chi connectivity index (χ1) is 11.7. The Morgan fingerprint density at radius 1 is 0.875 bits per heavy atom. The zero-order valence-corrected chi connectivity index (χ0v) is 15.6. The lowest BCUT2D eigenvalue weighted by molar-refractivity contribution is 0.0404. The predicted molar refractivity (Wildman–Crippen MR) is 99.8 cm³/mol. The fourth-order valence-electron chi connectivity index (χ4n) is 2.54. The maximum atomic E-state index is 5.82. The monoisotopic (exact) mass is 346 g/mol. The molecule has 0 spiro atoms. The standard InChI is InChI=1S/C20H26O3S/c1-5-16(6-2)17-7-9-19(10-8-17)22-15(3)23-24-20-13-11-18(21-4)12-14-20/h7-16H,5-6H2,1-4H3. The normalized spacial score (nSPS) is 12.2. The molecule has 0 aromatic heterocycles. The molecule has 1 unspecified atom stereocenters. The Labute approximate surface area is 149 Å². The van der Waals surface area contributed by atoms with E-state index in [-0.39, 0.29) is 6.29 Å². The van der Waals surface area contributed by atoms with Gasteiger partial charge in [-0.2, -0.15) is 0 Å². The van der Waals surface area contributed by atoms with Crippen LogP contribution in [-0.2, 0) is 4.18 Å². The van der Waals surface area contributed by atoms with E-state index in [2.05, 4.69) is 26.0 Å². The third-order valence-corrected chi connectivity index (χ3v) is 4.81. The summed E-state index contributed by atoms with van der Waals surface area (Å²) in [6.07, 6.45) is 1.99. The highest BCUT2D eigenvalue weighted by atomic mass is 32.2. The van der Waals surface area contributed by atoms with E-state index in [0.29, 0.717) is 5.92 Å². The SMILES string of the molecule is CCC(CC)c1ccc(OC(C)OSc2ccc(OC)cc2)cc1. The van der Waals surface area contributed by atoms with Crippen LogP contribution in [0.4, 0.5) is 0 Å². The summed E-state index contributed by atoms with van der Waals surface area (Å²) >= 11 is 1.30.